The zero-order valence-corrected chi connectivity index (χ0v) is 26.0. The third-order valence-electron chi connectivity index (χ3n) is 6.62. The first-order chi connectivity index (χ1) is 19.5. The molecule has 2 amide bonds. The van der Waals surface area contributed by atoms with Gasteiger partial charge in [-0.25, -0.2) is 8.42 Å². The number of amides is 2. The van der Waals surface area contributed by atoms with Gasteiger partial charge in [-0.2, -0.15) is 0 Å². The fourth-order valence-corrected chi connectivity index (χ4v) is 5.97. The van der Waals surface area contributed by atoms with Crippen molar-refractivity contribution in [2.75, 3.05) is 23.7 Å². The maximum absolute atomic E-state index is 13.9. The van der Waals surface area contributed by atoms with Crippen molar-refractivity contribution >= 4 is 50.7 Å². The highest BCUT2D eigenvalue weighted by molar-refractivity contribution is 7.92. The molecule has 1 atom stereocenters. The number of hydrogen-bond donors (Lipinski definition) is 1. The van der Waals surface area contributed by atoms with E-state index in [1.807, 2.05) is 50.2 Å². The number of nitrogens with zero attached hydrogens (tertiary/aromatic N) is 2. The molecule has 0 heterocycles. The van der Waals surface area contributed by atoms with Crippen molar-refractivity contribution < 1.29 is 18.0 Å². The van der Waals surface area contributed by atoms with Crippen LogP contribution in [0.2, 0.25) is 10.0 Å². The third kappa shape index (κ3) is 9.76. The number of hydrogen-bond acceptors (Lipinski definition) is 4. The molecule has 0 aliphatic carbocycles. The van der Waals surface area contributed by atoms with E-state index in [9.17, 15) is 18.0 Å². The van der Waals surface area contributed by atoms with E-state index < -0.39 is 16.1 Å². The zero-order chi connectivity index (χ0) is 30.0. The minimum absolute atomic E-state index is 0.0371. The largest absolute Gasteiger partial charge is 0.354 e. The molecule has 0 saturated carbocycles. The highest BCUT2D eigenvalue weighted by atomic mass is 35.5. The van der Waals surface area contributed by atoms with Gasteiger partial charge in [0.2, 0.25) is 21.8 Å². The molecule has 10 heteroatoms. The minimum atomic E-state index is -3.58. The van der Waals surface area contributed by atoms with Crippen LogP contribution in [-0.4, -0.2) is 50.5 Å². The number of sulfonamides is 1. The van der Waals surface area contributed by atoms with E-state index in [4.69, 9.17) is 23.2 Å². The quantitative estimate of drug-likeness (QED) is 0.240. The van der Waals surface area contributed by atoms with Gasteiger partial charge in [-0.15, -0.1) is 0 Å². The minimum Gasteiger partial charge on any atom is -0.354 e. The van der Waals surface area contributed by atoms with Crippen LogP contribution in [-0.2, 0) is 32.6 Å². The monoisotopic (exact) mass is 617 g/mol. The molecule has 0 aliphatic heterocycles. The molecule has 7 nitrogen and oxygen atoms in total. The van der Waals surface area contributed by atoms with E-state index in [1.54, 1.807) is 41.3 Å². The van der Waals surface area contributed by atoms with Gasteiger partial charge in [-0.3, -0.25) is 13.9 Å². The number of aryl methyl sites for hydroxylation is 1. The summed E-state index contributed by atoms with van der Waals surface area (Å²) in [6.07, 6.45) is 2.52. The molecule has 0 aromatic heterocycles. The summed E-state index contributed by atoms with van der Waals surface area (Å²) in [5.41, 5.74) is 3.04. The van der Waals surface area contributed by atoms with Gasteiger partial charge in [-0.1, -0.05) is 78.7 Å². The van der Waals surface area contributed by atoms with Gasteiger partial charge < -0.3 is 10.2 Å². The Kier molecular flexibility index (Phi) is 12.1. The first-order valence-electron chi connectivity index (χ1n) is 13.6. The van der Waals surface area contributed by atoms with Gasteiger partial charge in [0, 0.05) is 42.5 Å². The van der Waals surface area contributed by atoms with Crippen molar-refractivity contribution in [1.29, 1.82) is 0 Å². The second-order valence-corrected chi connectivity index (χ2v) is 12.8. The summed E-state index contributed by atoms with van der Waals surface area (Å²) in [6, 6.07) is 21.0. The van der Waals surface area contributed by atoms with Gasteiger partial charge in [0.05, 0.1) is 11.9 Å². The average molecular weight is 619 g/mol. The van der Waals surface area contributed by atoms with Crippen molar-refractivity contribution in [3.05, 3.63) is 99.5 Å². The molecule has 0 aliphatic rings. The van der Waals surface area contributed by atoms with Crippen LogP contribution in [0.5, 0.6) is 0 Å². The molecule has 1 N–H and O–H groups in total. The van der Waals surface area contributed by atoms with Crippen LogP contribution >= 0.6 is 23.2 Å². The van der Waals surface area contributed by atoms with Gasteiger partial charge in [0.25, 0.3) is 0 Å². The van der Waals surface area contributed by atoms with Crippen molar-refractivity contribution in [3.8, 4) is 0 Å². The van der Waals surface area contributed by atoms with E-state index in [0.29, 0.717) is 34.3 Å². The van der Waals surface area contributed by atoms with Crippen molar-refractivity contribution in [1.82, 2.24) is 10.2 Å². The van der Waals surface area contributed by atoms with E-state index in [0.717, 1.165) is 23.8 Å². The lowest BCUT2D eigenvalue weighted by Crippen LogP contribution is -2.50. The normalized spacial score (nSPS) is 12.0. The summed E-state index contributed by atoms with van der Waals surface area (Å²) >= 11 is 12.6. The zero-order valence-electron chi connectivity index (χ0n) is 23.6. The Labute approximate surface area is 253 Å². The van der Waals surface area contributed by atoms with Crippen molar-refractivity contribution in [2.24, 2.45) is 0 Å². The topological polar surface area (TPSA) is 86.8 Å². The van der Waals surface area contributed by atoms with Crippen LogP contribution < -0.4 is 9.62 Å². The second-order valence-electron chi connectivity index (χ2n) is 10.0. The molecule has 0 fully saturated rings. The Morgan fingerprint density at radius 3 is 2.34 bits per heavy atom. The maximum atomic E-state index is 13.9. The van der Waals surface area contributed by atoms with E-state index >= 15 is 0 Å². The van der Waals surface area contributed by atoms with Gasteiger partial charge in [0.15, 0.2) is 0 Å². The molecular weight excluding hydrogens is 581 g/mol. The number of rotatable bonds is 14. The Hall–Kier alpha value is -3.07. The molecule has 0 bridgehead atoms. The summed E-state index contributed by atoms with van der Waals surface area (Å²) in [5.74, 6) is -0.534. The molecule has 0 radical (unpaired) electrons. The molecule has 3 rings (SSSR count). The highest BCUT2D eigenvalue weighted by Gasteiger charge is 2.31. The predicted octanol–water partition coefficient (Wildman–Crippen LogP) is 6.01. The first-order valence-corrected chi connectivity index (χ1v) is 16.2. The number of carbonyl (C=O) groups excluding carboxylic acids is 2. The summed E-state index contributed by atoms with van der Waals surface area (Å²) in [7, 11) is -3.58. The van der Waals surface area contributed by atoms with Crippen LogP contribution in [0.15, 0.2) is 72.8 Å². The molecule has 1 unspecified atom stereocenters. The molecule has 0 saturated heterocycles. The SMILES string of the molecule is CCCNC(=O)C(Cc1ccccc1)N(Cc1ccc(Cl)cc1Cl)C(=O)CCCN(c1cccc(C)c1)S(C)(=O)=O. The van der Waals surface area contributed by atoms with Crippen molar-refractivity contribution in [3.63, 3.8) is 0 Å². The summed E-state index contributed by atoms with van der Waals surface area (Å²) in [5, 5.41) is 3.81. The molecule has 3 aromatic carbocycles. The molecular formula is C31H37Cl2N3O4S. The summed E-state index contributed by atoms with van der Waals surface area (Å²) in [6.45, 7) is 4.55. The van der Waals surface area contributed by atoms with Gasteiger partial charge in [0.1, 0.15) is 6.04 Å². The van der Waals surface area contributed by atoms with E-state index in [2.05, 4.69) is 5.32 Å². The molecule has 41 heavy (non-hydrogen) atoms. The lowest BCUT2D eigenvalue weighted by Gasteiger charge is -2.32. The van der Waals surface area contributed by atoms with Crippen LogP contribution in [0.4, 0.5) is 5.69 Å². The molecule has 220 valence electrons. The first kappa shape index (κ1) is 32.4. The number of anilines is 1. The number of carbonyl (C=O) groups is 2. The summed E-state index contributed by atoms with van der Waals surface area (Å²) < 4.78 is 26.5. The lowest BCUT2D eigenvalue weighted by atomic mass is 10.0. The van der Waals surface area contributed by atoms with Crippen LogP contribution in [0.3, 0.4) is 0 Å². The fourth-order valence-electron chi connectivity index (χ4n) is 4.54. The number of halogens is 2. The summed E-state index contributed by atoms with van der Waals surface area (Å²) in [4.78, 5) is 28.9. The van der Waals surface area contributed by atoms with Gasteiger partial charge >= 0.3 is 0 Å². The van der Waals surface area contributed by atoms with Crippen molar-refractivity contribution in [2.45, 2.75) is 52.1 Å². The molecule has 3 aromatic rings. The Morgan fingerprint density at radius 1 is 0.976 bits per heavy atom. The van der Waals surface area contributed by atoms with Crippen LogP contribution in [0, 0.1) is 6.92 Å². The second kappa shape index (κ2) is 15.2. The lowest BCUT2D eigenvalue weighted by molar-refractivity contribution is -0.141. The number of benzene rings is 3. The Morgan fingerprint density at radius 2 is 1.71 bits per heavy atom. The maximum Gasteiger partial charge on any atom is 0.243 e. The highest BCUT2D eigenvalue weighted by Crippen LogP contribution is 2.25. The Balaban J connectivity index is 1.90. The molecule has 0 spiro atoms. The average Bonchev–Trinajstić information content (AvgIpc) is 2.92. The Bertz CT molecular complexity index is 1430. The smallest absolute Gasteiger partial charge is 0.243 e. The third-order valence-corrected chi connectivity index (χ3v) is 8.40. The van der Waals surface area contributed by atoms with Gasteiger partial charge in [-0.05, 0) is 60.7 Å². The van der Waals surface area contributed by atoms with Crippen LogP contribution in [0.25, 0.3) is 0 Å². The predicted molar refractivity (Wildman–Crippen MR) is 167 cm³/mol. The number of nitrogens with one attached hydrogen (secondary N) is 1. The van der Waals surface area contributed by atoms with Crippen LogP contribution in [0.1, 0.15) is 42.9 Å². The fraction of sp³-hybridized carbons (Fsp3) is 0.355. The van der Waals surface area contributed by atoms with E-state index in [1.165, 1.54) is 4.31 Å². The van der Waals surface area contributed by atoms with E-state index in [-0.39, 0.29) is 37.7 Å². The standard InChI is InChI=1S/C31H37Cl2N3O4S/c1-4-17-34-31(38)29(20-24-11-6-5-7-12-24)35(22-25-15-16-26(32)21-28(25)33)30(37)14-9-18-36(41(3,39)40)27-13-8-10-23(2)19-27/h5-8,10-13,15-16,19,21,29H,4,9,14,17-18,20,22H2,1-3H3,(H,34,38).